The predicted molar refractivity (Wildman–Crippen MR) is 157 cm³/mol. The molecule has 0 saturated carbocycles. The van der Waals surface area contributed by atoms with E-state index < -0.39 is 0 Å². The Balaban J connectivity index is 1.42. The van der Waals surface area contributed by atoms with Crippen molar-refractivity contribution in [2.24, 2.45) is 0 Å². The molecule has 3 aromatic carbocycles. The number of rotatable bonds is 8. The Labute approximate surface area is 234 Å². The van der Waals surface area contributed by atoms with Crippen LogP contribution in [-0.4, -0.2) is 60.7 Å². The monoisotopic (exact) mass is 535 g/mol. The lowest BCUT2D eigenvalue weighted by molar-refractivity contribution is -0.127. The van der Waals surface area contributed by atoms with Gasteiger partial charge < -0.3 is 14.4 Å². The number of piperazine rings is 1. The number of amides is 1. The molecule has 0 atom stereocenters. The van der Waals surface area contributed by atoms with Gasteiger partial charge >= 0.3 is 0 Å². The van der Waals surface area contributed by atoms with Crippen LogP contribution in [0.1, 0.15) is 22.7 Å². The van der Waals surface area contributed by atoms with Gasteiger partial charge in [-0.15, -0.1) is 0 Å². The maximum atomic E-state index is 14.0. The Morgan fingerprint density at radius 1 is 0.750 bits per heavy atom. The fourth-order valence-electron chi connectivity index (χ4n) is 5.19. The van der Waals surface area contributed by atoms with E-state index in [1.807, 2.05) is 23.1 Å². The van der Waals surface area contributed by atoms with Crippen molar-refractivity contribution in [3.63, 3.8) is 0 Å². The summed E-state index contributed by atoms with van der Waals surface area (Å²) >= 11 is 0. The van der Waals surface area contributed by atoms with Crippen molar-refractivity contribution < 1.29 is 14.3 Å². The Hall–Kier alpha value is -4.62. The van der Waals surface area contributed by atoms with E-state index in [2.05, 4.69) is 53.4 Å². The van der Waals surface area contributed by atoms with E-state index in [1.54, 1.807) is 50.8 Å². The molecule has 5 rings (SSSR count). The number of aromatic nitrogens is 1. The maximum absolute atomic E-state index is 14.0. The molecule has 7 heteroatoms. The lowest BCUT2D eigenvalue weighted by Gasteiger charge is -2.40. The van der Waals surface area contributed by atoms with Gasteiger partial charge in [0.2, 0.25) is 0 Å². The minimum absolute atomic E-state index is 0.0955. The van der Waals surface area contributed by atoms with E-state index in [9.17, 15) is 9.59 Å². The first kappa shape index (κ1) is 27.0. The van der Waals surface area contributed by atoms with E-state index in [-0.39, 0.29) is 23.2 Å². The number of hydrogen-bond donors (Lipinski definition) is 0. The lowest BCUT2D eigenvalue weighted by Crippen LogP contribution is -2.50. The minimum Gasteiger partial charge on any atom is -0.493 e. The van der Waals surface area contributed by atoms with Crippen LogP contribution in [0.25, 0.3) is 11.8 Å². The van der Waals surface area contributed by atoms with E-state index >= 15 is 0 Å². The summed E-state index contributed by atoms with van der Waals surface area (Å²) in [4.78, 5) is 31.0. The second kappa shape index (κ2) is 12.5. The van der Waals surface area contributed by atoms with Gasteiger partial charge in [-0.05, 0) is 41.0 Å². The summed E-state index contributed by atoms with van der Waals surface area (Å²) < 4.78 is 12.2. The normalized spacial score (nSPS) is 14.3. The summed E-state index contributed by atoms with van der Waals surface area (Å²) in [7, 11) is 3.14. The van der Waals surface area contributed by atoms with E-state index in [1.165, 1.54) is 21.8 Å². The molecular weight excluding hydrogens is 502 g/mol. The summed E-state index contributed by atoms with van der Waals surface area (Å²) in [5, 5.41) is 0. The molecule has 0 unspecified atom stereocenters. The SMILES string of the molecule is COc1ccc(/C=C(\C(=O)N2CCN(C(c3ccccc3)c3ccccc3)CC2)n2ccccc2=O)cc1OC. The average Bonchev–Trinajstić information content (AvgIpc) is 3.01. The molecule has 1 aliphatic heterocycles. The highest BCUT2D eigenvalue weighted by Gasteiger charge is 2.30. The third-order valence-electron chi connectivity index (χ3n) is 7.21. The van der Waals surface area contributed by atoms with Crippen LogP contribution in [-0.2, 0) is 4.79 Å². The maximum Gasteiger partial charge on any atom is 0.271 e. The number of benzene rings is 3. The number of methoxy groups -OCH3 is 2. The highest BCUT2D eigenvalue weighted by molar-refractivity contribution is 6.18. The number of hydrogen-bond acceptors (Lipinski definition) is 5. The van der Waals surface area contributed by atoms with Crippen molar-refractivity contribution in [1.29, 1.82) is 0 Å². The van der Waals surface area contributed by atoms with Crippen LogP contribution in [0.15, 0.2) is 108 Å². The molecular formula is C33H33N3O4. The Morgan fingerprint density at radius 3 is 1.93 bits per heavy atom. The fourth-order valence-corrected chi connectivity index (χ4v) is 5.19. The second-order valence-corrected chi connectivity index (χ2v) is 9.60. The van der Waals surface area contributed by atoms with E-state index in [0.29, 0.717) is 37.7 Å². The van der Waals surface area contributed by atoms with Gasteiger partial charge in [-0.2, -0.15) is 0 Å². The standard InChI is InChI=1S/C33H33N3O4/c1-39-29-17-16-25(24-30(29)40-2)23-28(36-18-10-9-15-31(36)37)33(38)35-21-19-34(20-22-35)32(26-11-5-3-6-12-26)27-13-7-4-8-14-27/h3-18,23-24,32H,19-22H2,1-2H3/b28-23+. The average molecular weight is 536 g/mol. The third kappa shape index (κ3) is 5.84. The van der Waals surface area contributed by atoms with Gasteiger partial charge in [-0.3, -0.25) is 19.1 Å². The van der Waals surface area contributed by atoms with Gasteiger partial charge in [-0.1, -0.05) is 72.8 Å². The van der Waals surface area contributed by atoms with Gasteiger partial charge in [0.1, 0.15) is 5.70 Å². The van der Waals surface area contributed by atoms with Crippen LogP contribution in [0, 0.1) is 0 Å². The molecule has 1 aromatic heterocycles. The minimum atomic E-state index is -0.269. The molecule has 0 spiro atoms. The van der Waals surface area contributed by atoms with Crippen molar-refractivity contribution in [2.45, 2.75) is 6.04 Å². The Morgan fingerprint density at radius 2 is 1.35 bits per heavy atom. The van der Waals surface area contributed by atoms with Crippen LogP contribution >= 0.6 is 0 Å². The fraction of sp³-hybridized carbons (Fsp3) is 0.212. The highest BCUT2D eigenvalue weighted by Crippen LogP contribution is 2.31. The topological polar surface area (TPSA) is 64.0 Å². The molecule has 0 bridgehead atoms. The van der Waals surface area contributed by atoms with Gasteiger partial charge in [0.25, 0.3) is 11.5 Å². The summed E-state index contributed by atoms with van der Waals surface area (Å²) in [6.07, 6.45) is 3.36. The number of nitrogens with zero attached hydrogens (tertiary/aromatic N) is 3. The van der Waals surface area contributed by atoms with Gasteiger partial charge in [-0.25, -0.2) is 0 Å². The molecule has 0 N–H and O–H groups in total. The molecule has 1 amide bonds. The Bertz CT molecular complexity index is 1480. The molecule has 1 saturated heterocycles. The zero-order valence-corrected chi connectivity index (χ0v) is 22.8. The number of ether oxygens (including phenoxy) is 2. The van der Waals surface area contributed by atoms with Crippen LogP contribution in [0.3, 0.4) is 0 Å². The van der Waals surface area contributed by atoms with E-state index in [4.69, 9.17) is 9.47 Å². The summed E-state index contributed by atoms with van der Waals surface area (Å²) in [6, 6.07) is 31.3. The molecule has 204 valence electrons. The summed E-state index contributed by atoms with van der Waals surface area (Å²) in [5.74, 6) is 0.940. The zero-order chi connectivity index (χ0) is 27.9. The molecule has 40 heavy (non-hydrogen) atoms. The molecule has 2 heterocycles. The number of pyridine rings is 1. The quantitative estimate of drug-likeness (QED) is 0.304. The van der Waals surface area contributed by atoms with Crippen molar-refractivity contribution in [3.05, 3.63) is 130 Å². The van der Waals surface area contributed by atoms with Crippen molar-refractivity contribution in [3.8, 4) is 11.5 Å². The number of carbonyl (C=O) groups is 1. The van der Waals surface area contributed by atoms with Gasteiger partial charge in [0.15, 0.2) is 11.5 Å². The smallest absolute Gasteiger partial charge is 0.271 e. The zero-order valence-electron chi connectivity index (χ0n) is 22.8. The first-order valence-electron chi connectivity index (χ1n) is 13.3. The molecule has 1 aliphatic rings. The molecule has 0 aliphatic carbocycles. The first-order chi connectivity index (χ1) is 19.6. The molecule has 0 radical (unpaired) electrons. The van der Waals surface area contributed by atoms with Crippen molar-refractivity contribution in [1.82, 2.24) is 14.4 Å². The summed E-state index contributed by atoms with van der Waals surface area (Å²) in [6.45, 7) is 2.49. The van der Waals surface area contributed by atoms with E-state index in [0.717, 1.165) is 5.56 Å². The molecule has 1 fully saturated rings. The number of carbonyl (C=O) groups excluding carboxylic acids is 1. The first-order valence-corrected chi connectivity index (χ1v) is 13.3. The third-order valence-corrected chi connectivity index (χ3v) is 7.21. The largest absolute Gasteiger partial charge is 0.493 e. The molecule has 4 aromatic rings. The van der Waals surface area contributed by atoms with Gasteiger partial charge in [0.05, 0.1) is 20.3 Å². The van der Waals surface area contributed by atoms with Gasteiger partial charge in [0, 0.05) is 38.4 Å². The van der Waals surface area contributed by atoms with Crippen LogP contribution in [0.4, 0.5) is 0 Å². The lowest BCUT2D eigenvalue weighted by atomic mass is 9.96. The highest BCUT2D eigenvalue weighted by atomic mass is 16.5. The van der Waals surface area contributed by atoms with Crippen molar-refractivity contribution >= 4 is 17.7 Å². The molecule has 7 nitrogen and oxygen atoms in total. The predicted octanol–water partition coefficient (Wildman–Crippen LogP) is 4.80. The van der Waals surface area contributed by atoms with Crippen LogP contribution in [0.5, 0.6) is 11.5 Å². The summed E-state index contributed by atoms with van der Waals surface area (Å²) in [5.41, 5.74) is 3.18. The van der Waals surface area contributed by atoms with Crippen LogP contribution < -0.4 is 15.0 Å². The van der Waals surface area contributed by atoms with Crippen LogP contribution in [0.2, 0.25) is 0 Å². The Kier molecular flexibility index (Phi) is 8.42. The second-order valence-electron chi connectivity index (χ2n) is 9.60. The van der Waals surface area contributed by atoms with Crippen molar-refractivity contribution in [2.75, 3.05) is 40.4 Å².